The Balaban J connectivity index is 1.47. The summed E-state index contributed by atoms with van der Waals surface area (Å²) in [5.41, 5.74) is 3.68. The van der Waals surface area contributed by atoms with E-state index in [-0.39, 0.29) is 76.5 Å². The Kier molecular flexibility index (Phi) is 12.6. The quantitative estimate of drug-likeness (QED) is 0.206. The number of aryl methyl sites for hydroxylation is 1. The van der Waals surface area contributed by atoms with Crippen LogP contribution in [0.15, 0.2) is 29.8 Å². The summed E-state index contributed by atoms with van der Waals surface area (Å²) < 4.78 is 10.5. The molecule has 0 bridgehead atoms. The number of carbonyl (C=O) groups is 4. The van der Waals surface area contributed by atoms with E-state index in [1.807, 2.05) is 36.7 Å². The fraction of sp³-hybridized carbons (Fsp3) is 0.567. The molecule has 1 aliphatic heterocycles. The molecule has 1 aromatic carbocycles. The number of carbonyl (C=O) groups excluding carboxylic acids is 3. The molecule has 236 valence electrons. The molecule has 1 aliphatic rings. The third-order valence-electron chi connectivity index (χ3n) is 7.59. The number of amides is 3. The van der Waals surface area contributed by atoms with Crippen molar-refractivity contribution in [2.24, 2.45) is 5.41 Å². The van der Waals surface area contributed by atoms with Crippen LogP contribution in [0, 0.1) is 12.3 Å². The number of aliphatic carboxylic acids is 1. The van der Waals surface area contributed by atoms with Gasteiger partial charge in [-0.3, -0.25) is 19.2 Å². The summed E-state index contributed by atoms with van der Waals surface area (Å²) in [6, 6.07) is 6.47. The number of aliphatic hydroxyl groups excluding tert-OH is 1. The van der Waals surface area contributed by atoms with Gasteiger partial charge in [0.05, 0.1) is 60.4 Å². The number of carboxylic acids is 1. The average Bonchev–Trinajstić information content (AvgIpc) is 3.57. The van der Waals surface area contributed by atoms with Crippen LogP contribution >= 0.6 is 11.3 Å². The maximum absolute atomic E-state index is 13.6. The van der Waals surface area contributed by atoms with E-state index in [1.165, 1.54) is 4.90 Å². The van der Waals surface area contributed by atoms with Gasteiger partial charge in [0.1, 0.15) is 6.04 Å². The van der Waals surface area contributed by atoms with Crippen molar-refractivity contribution in [2.45, 2.75) is 71.7 Å². The molecule has 0 saturated carbocycles. The van der Waals surface area contributed by atoms with Crippen LogP contribution in [-0.4, -0.2) is 94.9 Å². The molecule has 3 atom stereocenters. The number of ether oxygens (including phenoxy) is 2. The summed E-state index contributed by atoms with van der Waals surface area (Å²) in [6.07, 6.45) is -0.704. The second-order valence-electron chi connectivity index (χ2n) is 11.2. The van der Waals surface area contributed by atoms with Gasteiger partial charge in [-0.25, -0.2) is 4.98 Å². The number of carboxylic acid groups (broad SMARTS) is 1. The van der Waals surface area contributed by atoms with Crippen LogP contribution in [0.2, 0.25) is 0 Å². The molecule has 1 fully saturated rings. The lowest BCUT2D eigenvalue weighted by Gasteiger charge is -2.36. The van der Waals surface area contributed by atoms with Crippen molar-refractivity contribution in [3.8, 4) is 10.4 Å². The molecule has 12 nitrogen and oxygen atoms in total. The topological polar surface area (TPSA) is 167 Å². The van der Waals surface area contributed by atoms with Gasteiger partial charge in [-0.05, 0) is 38.8 Å². The molecule has 0 unspecified atom stereocenters. The Hall–Kier alpha value is -3.39. The molecular formula is C30H42N4O8S. The lowest BCUT2D eigenvalue weighted by molar-refractivity contribution is -0.147. The predicted octanol–water partition coefficient (Wildman–Crippen LogP) is 2.13. The van der Waals surface area contributed by atoms with Crippen molar-refractivity contribution in [3.05, 3.63) is 41.0 Å². The second-order valence-corrected chi connectivity index (χ2v) is 12.0. The van der Waals surface area contributed by atoms with Gasteiger partial charge in [-0.1, -0.05) is 24.3 Å². The highest BCUT2D eigenvalue weighted by Gasteiger charge is 2.46. The number of nitrogens with one attached hydrogen (secondary N) is 2. The number of hydrogen-bond acceptors (Lipinski definition) is 9. The van der Waals surface area contributed by atoms with E-state index in [4.69, 9.17) is 14.6 Å². The normalized spacial score (nSPS) is 17.5. The molecule has 13 heteroatoms. The van der Waals surface area contributed by atoms with Crippen LogP contribution in [0.3, 0.4) is 0 Å². The van der Waals surface area contributed by atoms with Gasteiger partial charge >= 0.3 is 5.97 Å². The largest absolute Gasteiger partial charge is 0.481 e. The second kappa shape index (κ2) is 15.9. The molecule has 1 aromatic heterocycles. The van der Waals surface area contributed by atoms with Crippen molar-refractivity contribution in [1.29, 1.82) is 0 Å². The highest BCUT2D eigenvalue weighted by atomic mass is 32.1. The summed E-state index contributed by atoms with van der Waals surface area (Å²) in [5.74, 6) is -1.92. The first-order valence-electron chi connectivity index (χ1n) is 14.3. The smallest absolute Gasteiger partial charge is 0.305 e. The Morgan fingerprint density at radius 2 is 1.74 bits per heavy atom. The van der Waals surface area contributed by atoms with Crippen molar-refractivity contribution < 1.29 is 38.9 Å². The minimum Gasteiger partial charge on any atom is -0.481 e. The number of likely N-dealkylation sites (tertiary alicyclic amines) is 1. The number of aromatic nitrogens is 1. The molecule has 4 N–H and O–H groups in total. The van der Waals surface area contributed by atoms with Crippen LogP contribution in [0.5, 0.6) is 0 Å². The Morgan fingerprint density at radius 1 is 1.09 bits per heavy atom. The van der Waals surface area contributed by atoms with E-state index in [9.17, 15) is 24.3 Å². The van der Waals surface area contributed by atoms with E-state index in [2.05, 4.69) is 15.6 Å². The molecule has 43 heavy (non-hydrogen) atoms. The minimum absolute atomic E-state index is 0.0340. The molecule has 0 aliphatic carbocycles. The highest BCUT2D eigenvalue weighted by Crippen LogP contribution is 2.30. The van der Waals surface area contributed by atoms with Crippen LogP contribution in [0.4, 0.5) is 0 Å². The SMILES string of the molecule is Cc1ncsc1-c1ccc(CNC(=O)[C@@H]2C[C@@H](O)CN2C(=O)C(C)(C)[C@H](C)NC(=O)CCOCCOCCC(=O)O)cc1. The number of benzene rings is 1. The predicted molar refractivity (Wildman–Crippen MR) is 160 cm³/mol. The number of nitrogens with zero attached hydrogens (tertiary/aromatic N) is 2. The number of aliphatic hydroxyl groups is 1. The van der Waals surface area contributed by atoms with Crippen molar-refractivity contribution in [1.82, 2.24) is 20.5 Å². The van der Waals surface area contributed by atoms with E-state index >= 15 is 0 Å². The van der Waals surface area contributed by atoms with E-state index in [0.717, 1.165) is 21.7 Å². The fourth-order valence-electron chi connectivity index (χ4n) is 4.64. The zero-order valence-electron chi connectivity index (χ0n) is 25.1. The zero-order chi connectivity index (χ0) is 31.6. The fourth-order valence-corrected chi connectivity index (χ4v) is 5.45. The molecule has 0 radical (unpaired) electrons. The number of hydrogen-bond donors (Lipinski definition) is 4. The van der Waals surface area contributed by atoms with Gasteiger partial charge in [0.15, 0.2) is 0 Å². The Labute approximate surface area is 255 Å². The van der Waals surface area contributed by atoms with Crippen LogP contribution in [0.25, 0.3) is 10.4 Å². The average molecular weight is 619 g/mol. The first kappa shape index (κ1) is 34.1. The van der Waals surface area contributed by atoms with Crippen LogP contribution in [0.1, 0.15) is 51.3 Å². The van der Waals surface area contributed by atoms with Gasteiger partial charge in [0.2, 0.25) is 17.7 Å². The molecule has 2 aromatic rings. The third kappa shape index (κ3) is 9.82. The summed E-state index contributed by atoms with van der Waals surface area (Å²) in [5, 5.41) is 24.7. The van der Waals surface area contributed by atoms with Gasteiger partial charge in [0, 0.05) is 32.0 Å². The van der Waals surface area contributed by atoms with Crippen molar-refractivity contribution in [3.63, 3.8) is 0 Å². The van der Waals surface area contributed by atoms with E-state index in [1.54, 1.807) is 32.1 Å². The zero-order valence-corrected chi connectivity index (χ0v) is 25.9. The summed E-state index contributed by atoms with van der Waals surface area (Å²) in [6.45, 7) is 8.10. The first-order valence-corrected chi connectivity index (χ1v) is 15.2. The number of thiazole rings is 1. The van der Waals surface area contributed by atoms with Gasteiger partial charge in [-0.15, -0.1) is 11.3 Å². The summed E-state index contributed by atoms with van der Waals surface area (Å²) in [4.78, 5) is 56.5. The maximum atomic E-state index is 13.6. The standard InChI is InChI=1S/C30H42N4O8S/c1-19-27(43-18-32-19)22-7-5-21(6-8-22)16-31-28(39)24-15-23(35)17-34(24)29(40)30(3,4)20(2)33-25(36)9-11-41-13-14-42-12-10-26(37)38/h5-8,18,20,23-24,35H,9-17H2,1-4H3,(H,31,39)(H,33,36)(H,37,38)/t20-,23+,24-/m0/s1. The molecule has 1 saturated heterocycles. The minimum atomic E-state index is -1.05. The Morgan fingerprint density at radius 3 is 2.35 bits per heavy atom. The highest BCUT2D eigenvalue weighted by molar-refractivity contribution is 7.13. The molecule has 3 rings (SSSR count). The maximum Gasteiger partial charge on any atom is 0.305 e. The van der Waals surface area contributed by atoms with Gasteiger partial charge < -0.3 is 35.2 Å². The molecule has 3 amide bonds. The molecule has 2 heterocycles. The third-order valence-corrected chi connectivity index (χ3v) is 8.57. The molecular weight excluding hydrogens is 576 g/mol. The number of β-amino-alcohol motifs (C(OH)–C–C–N with tert-alkyl or cyclic N) is 1. The van der Waals surface area contributed by atoms with E-state index in [0.29, 0.717) is 0 Å². The van der Waals surface area contributed by atoms with Crippen LogP contribution in [-0.2, 0) is 35.2 Å². The van der Waals surface area contributed by atoms with Gasteiger partial charge in [0.25, 0.3) is 0 Å². The lowest BCUT2D eigenvalue weighted by atomic mass is 9.83. The van der Waals surface area contributed by atoms with Gasteiger partial charge in [-0.2, -0.15) is 0 Å². The summed E-state index contributed by atoms with van der Waals surface area (Å²) >= 11 is 1.57. The first-order chi connectivity index (χ1) is 20.4. The lowest BCUT2D eigenvalue weighted by Crippen LogP contribution is -2.55. The monoisotopic (exact) mass is 618 g/mol. The van der Waals surface area contributed by atoms with Crippen LogP contribution < -0.4 is 10.6 Å². The Bertz CT molecular complexity index is 1250. The van der Waals surface area contributed by atoms with Crippen molar-refractivity contribution in [2.75, 3.05) is 33.0 Å². The van der Waals surface area contributed by atoms with Crippen molar-refractivity contribution >= 4 is 35.0 Å². The summed E-state index contributed by atoms with van der Waals surface area (Å²) in [7, 11) is 0. The molecule has 0 spiro atoms. The van der Waals surface area contributed by atoms with E-state index < -0.39 is 29.6 Å². The number of rotatable bonds is 16.